The number of hydrogen-bond donors (Lipinski definition) is 1. The van der Waals surface area contributed by atoms with E-state index in [9.17, 15) is 0 Å². The molecule has 0 amide bonds. The Labute approximate surface area is 206 Å². The molecule has 0 atom stereocenters. The molecule has 4 heteroatoms. The standard InChI is InChI=1S/C31H30N4/c1-23-9-8-14-28-29(23)33-31(32-28)26-15-17-27(18-16-26)34-19-21-35(22-20-34)30(24-10-4-2-5-11-24)25-12-6-3-7-13-25/h2-18,30H,19-22H2,1H3,(H,32,33). The number of aromatic nitrogens is 2. The minimum absolute atomic E-state index is 0.290. The fourth-order valence-corrected chi connectivity index (χ4v) is 5.27. The predicted molar refractivity (Wildman–Crippen MR) is 145 cm³/mol. The minimum atomic E-state index is 0.290. The highest BCUT2D eigenvalue weighted by Crippen LogP contribution is 2.31. The second-order valence-electron chi connectivity index (χ2n) is 9.35. The zero-order valence-corrected chi connectivity index (χ0v) is 20.1. The second kappa shape index (κ2) is 9.40. The van der Waals surface area contributed by atoms with Crippen molar-refractivity contribution in [3.63, 3.8) is 0 Å². The van der Waals surface area contributed by atoms with Gasteiger partial charge in [0, 0.05) is 37.4 Å². The molecule has 4 aromatic carbocycles. The van der Waals surface area contributed by atoms with Gasteiger partial charge in [0.1, 0.15) is 5.82 Å². The summed E-state index contributed by atoms with van der Waals surface area (Å²) >= 11 is 0. The number of H-pyrrole nitrogens is 1. The van der Waals surface area contributed by atoms with E-state index in [2.05, 4.69) is 125 Å². The first-order chi connectivity index (χ1) is 17.3. The number of imidazole rings is 1. The van der Waals surface area contributed by atoms with E-state index in [0.717, 1.165) is 48.6 Å². The van der Waals surface area contributed by atoms with Gasteiger partial charge in [-0.25, -0.2) is 4.98 Å². The first-order valence-electron chi connectivity index (χ1n) is 12.4. The van der Waals surface area contributed by atoms with Gasteiger partial charge in [-0.2, -0.15) is 0 Å². The van der Waals surface area contributed by atoms with Gasteiger partial charge in [-0.1, -0.05) is 72.8 Å². The Balaban J connectivity index is 1.18. The third-order valence-electron chi connectivity index (χ3n) is 7.13. The topological polar surface area (TPSA) is 35.2 Å². The molecule has 1 saturated heterocycles. The van der Waals surface area contributed by atoms with Crippen molar-refractivity contribution in [3.05, 3.63) is 120 Å². The van der Waals surface area contributed by atoms with E-state index in [-0.39, 0.29) is 0 Å². The summed E-state index contributed by atoms with van der Waals surface area (Å²) in [5, 5.41) is 0. The molecule has 0 saturated carbocycles. The lowest BCUT2D eigenvalue weighted by atomic mass is 9.96. The lowest BCUT2D eigenvalue weighted by molar-refractivity contribution is 0.212. The molecule has 2 heterocycles. The number of aryl methyl sites for hydroxylation is 1. The Morgan fingerprint density at radius 2 is 1.31 bits per heavy atom. The molecule has 1 fully saturated rings. The lowest BCUT2D eigenvalue weighted by Gasteiger charge is -2.40. The smallest absolute Gasteiger partial charge is 0.138 e. The summed E-state index contributed by atoms with van der Waals surface area (Å²) in [6.45, 7) is 6.19. The van der Waals surface area contributed by atoms with Crippen LogP contribution < -0.4 is 4.90 Å². The molecule has 1 N–H and O–H groups in total. The fourth-order valence-electron chi connectivity index (χ4n) is 5.27. The third kappa shape index (κ3) is 4.33. The number of benzene rings is 4. The maximum absolute atomic E-state index is 4.84. The van der Waals surface area contributed by atoms with E-state index in [1.165, 1.54) is 22.4 Å². The molecule has 1 aliphatic heterocycles. The fraction of sp³-hybridized carbons (Fsp3) is 0.194. The second-order valence-corrected chi connectivity index (χ2v) is 9.35. The quantitative estimate of drug-likeness (QED) is 0.329. The Kier molecular flexibility index (Phi) is 5.81. The number of fused-ring (bicyclic) bond motifs is 1. The van der Waals surface area contributed by atoms with Gasteiger partial charge in [-0.3, -0.25) is 4.90 Å². The van der Waals surface area contributed by atoms with E-state index in [4.69, 9.17) is 4.98 Å². The minimum Gasteiger partial charge on any atom is -0.369 e. The number of para-hydroxylation sites is 1. The maximum Gasteiger partial charge on any atom is 0.138 e. The zero-order chi connectivity index (χ0) is 23.6. The van der Waals surface area contributed by atoms with Crippen molar-refractivity contribution in [1.29, 1.82) is 0 Å². The number of piperazine rings is 1. The molecule has 0 spiro atoms. The number of nitrogens with one attached hydrogen (secondary N) is 1. The van der Waals surface area contributed by atoms with Crippen molar-refractivity contribution < 1.29 is 0 Å². The molecule has 1 aliphatic rings. The maximum atomic E-state index is 4.84. The largest absolute Gasteiger partial charge is 0.369 e. The van der Waals surface area contributed by atoms with Gasteiger partial charge in [0.05, 0.1) is 17.1 Å². The van der Waals surface area contributed by atoms with Gasteiger partial charge in [0.25, 0.3) is 0 Å². The monoisotopic (exact) mass is 458 g/mol. The van der Waals surface area contributed by atoms with Crippen LogP contribution in [0.4, 0.5) is 5.69 Å². The molecule has 1 aromatic heterocycles. The number of hydrogen-bond acceptors (Lipinski definition) is 3. The van der Waals surface area contributed by atoms with E-state index in [1.54, 1.807) is 0 Å². The van der Waals surface area contributed by atoms with Crippen molar-refractivity contribution >= 4 is 16.7 Å². The van der Waals surface area contributed by atoms with Crippen molar-refractivity contribution in [1.82, 2.24) is 14.9 Å². The van der Waals surface area contributed by atoms with E-state index in [1.807, 2.05) is 0 Å². The zero-order valence-electron chi connectivity index (χ0n) is 20.1. The van der Waals surface area contributed by atoms with Crippen LogP contribution in [0.15, 0.2) is 103 Å². The van der Waals surface area contributed by atoms with Crippen molar-refractivity contribution in [2.75, 3.05) is 31.1 Å². The van der Waals surface area contributed by atoms with E-state index >= 15 is 0 Å². The van der Waals surface area contributed by atoms with Crippen LogP contribution in [0.25, 0.3) is 22.4 Å². The number of rotatable bonds is 5. The highest BCUT2D eigenvalue weighted by molar-refractivity contribution is 5.82. The Morgan fingerprint density at radius 1 is 0.686 bits per heavy atom. The van der Waals surface area contributed by atoms with Gasteiger partial charge in [-0.05, 0) is 53.9 Å². The highest BCUT2D eigenvalue weighted by atomic mass is 15.3. The van der Waals surface area contributed by atoms with Gasteiger partial charge < -0.3 is 9.88 Å². The average Bonchev–Trinajstić information content (AvgIpc) is 3.37. The summed E-state index contributed by atoms with van der Waals surface area (Å²) in [5.41, 5.74) is 8.45. The Morgan fingerprint density at radius 3 is 1.91 bits per heavy atom. The number of aromatic amines is 1. The van der Waals surface area contributed by atoms with E-state index < -0.39 is 0 Å². The highest BCUT2D eigenvalue weighted by Gasteiger charge is 2.26. The van der Waals surface area contributed by atoms with Crippen LogP contribution in [0, 0.1) is 6.92 Å². The van der Waals surface area contributed by atoms with Crippen molar-refractivity contribution in [2.45, 2.75) is 13.0 Å². The van der Waals surface area contributed by atoms with Crippen molar-refractivity contribution in [2.24, 2.45) is 0 Å². The van der Waals surface area contributed by atoms with Crippen LogP contribution in [-0.4, -0.2) is 41.0 Å². The molecule has 0 unspecified atom stereocenters. The molecular formula is C31H30N4. The summed E-state index contributed by atoms with van der Waals surface area (Å²) in [4.78, 5) is 13.4. The molecule has 0 aliphatic carbocycles. The summed E-state index contributed by atoms with van der Waals surface area (Å²) in [6, 6.07) is 37.2. The van der Waals surface area contributed by atoms with Gasteiger partial charge in [0.2, 0.25) is 0 Å². The molecule has 0 radical (unpaired) electrons. The predicted octanol–water partition coefficient (Wildman–Crippen LogP) is 6.45. The Bertz CT molecular complexity index is 1360. The summed E-state index contributed by atoms with van der Waals surface area (Å²) in [7, 11) is 0. The third-order valence-corrected chi connectivity index (χ3v) is 7.13. The van der Waals surface area contributed by atoms with Crippen LogP contribution in [-0.2, 0) is 0 Å². The van der Waals surface area contributed by atoms with Crippen LogP contribution in [0.2, 0.25) is 0 Å². The number of anilines is 1. The first kappa shape index (κ1) is 21.6. The Hall–Kier alpha value is -3.89. The van der Waals surface area contributed by atoms with E-state index in [0.29, 0.717) is 6.04 Å². The molecule has 6 rings (SSSR count). The first-order valence-corrected chi connectivity index (χ1v) is 12.4. The molecule has 0 bridgehead atoms. The number of nitrogens with zero attached hydrogens (tertiary/aromatic N) is 3. The molecule has 4 nitrogen and oxygen atoms in total. The van der Waals surface area contributed by atoms with Crippen LogP contribution >= 0.6 is 0 Å². The summed E-state index contributed by atoms with van der Waals surface area (Å²) < 4.78 is 0. The van der Waals surface area contributed by atoms with Gasteiger partial charge in [0.15, 0.2) is 0 Å². The normalized spacial score (nSPS) is 14.6. The van der Waals surface area contributed by atoms with Crippen LogP contribution in [0.1, 0.15) is 22.7 Å². The summed E-state index contributed by atoms with van der Waals surface area (Å²) in [5.74, 6) is 0.930. The molecular weight excluding hydrogens is 428 g/mol. The summed E-state index contributed by atoms with van der Waals surface area (Å²) in [6.07, 6.45) is 0. The molecule has 5 aromatic rings. The van der Waals surface area contributed by atoms with Crippen molar-refractivity contribution in [3.8, 4) is 11.4 Å². The SMILES string of the molecule is Cc1cccc2[nH]c(-c3ccc(N4CCN(C(c5ccccc5)c5ccccc5)CC4)cc3)nc12. The molecule has 174 valence electrons. The van der Waals surface area contributed by atoms with Crippen LogP contribution in [0.3, 0.4) is 0 Å². The van der Waals surface area contributed by atoms with Gasteiger partial charge in [-0.15, -0.1) is 0 Å². The van der Waals surface area contributed by atoms with Crippen LogP contribution in [0.5, 0.6) is 0 Å². The molecule has 35 heavy (non-hydrogen) atoms. The average molecular weight is 459 g/mol. The lowest BCUT2D eigenvalue weighted by Crippen LogP contribution is -2.48. The van der Waals surface area contributed by atoms with Gasteiger partial charge >= 0.3 is 0 Å².